The molecule has 2 amide bonds. The van der Waals surface area contributed by atoms with Gasteiger partial charge in [0, 0.05) is 95.2 Å². The molecule has 64 heavy (non-hydrogen) atoms. The third-order valence-corrected chi connectivity index (χ3v) is 11.6. The molecule has 7 heterocycles. The molecular formula is C42H44Cl2N14O6. The van der Waals surface area contributed by atoms with Crippen molar-refractivity contribution >= 4 is 74.3 Å². The molecule has 0 spiro atoms. The second kappa shape index (κ2) is 19.1. The quantitative estimate of drug-likeness (QED) is 0.0843. The number of pyridine rings is 2. The highest BCUT2D eigenvalue weighted by molar-refractivity contribution is 6.32. The largest absolute Gasteiger partial charge is 0.495 e. The predicted octanol–water partition coefficient (Wildman–Crippen LogP) is 4.34. The van der Waals surface area contributed by atoms with Gasteiger partial charge in [-0.05, 0) is 48.5 Å². The molecule has 2 aromatic carbocycles. The van der Waals surface area contributed by atoms with Crippen LogP contribution in [-0.2, 0) is 22.7 Å². The zero-order valence-electron chi connectivity index (χ0n) is 35.1. The van der Waals surface area contributed by atoms with Gasteiger partial charge in [0.2, 0.25) is 23.5 Å². The summed E-state index contributed by atoms with van der Waals surface area (Å²) in [5, 5.41) is 27.4. The van der Waals surface area contributed by atoms with E-state index in [2.05, 4.69) is 45.3 Å². The number of aromatic nitrogens is 8. The highest BCUT2D eigenvalue weighted by Gasteiger charge is 2.26. The van der Waals surface area contributed by atoms with Gasteiger partial charge in [-0.3, -0.25) is 9.59 Å². The number of methoxy groups -OCH3 is 2. The molecule has 332 valence electrons. The van der Waals surface area contributed by atoms with Crippen LogP contribution >= 0.6 is 23.2 Å². The van der Waals surface area contributed by atoms with Crippen molar-refractivity contribution in [1.82, 2.24) is 49.5 Å². The van der Waals surface area contributed by atoms with E-state index < -0.39 is 0 Å². The molecule has 7 aromatic rings. The van der Waals surface area contributed by atoms with E-state index in [4.69, 9.17) is 48.1 Å². The number of hydrogen-bond donors (Lipinski definition) is 2. The number of amidine groups is 1. The number of halogens is 2. The lowest BCUT2D eigenvalue weighted by atomic mass is 10.2. The first-order chi connectivity index (χ1) is 31.0. The van der Waals surface area contributed by atoms with E-state index in [0.29, 0.717) is 114 Å². The summed E-state index contributed by atoms with van der Waals surface area (Å²) < 4.78 is 18.8. The molecule has 0 aliphatic carbocycles. The lowest BCUT2D eigenvalue weighted by Crippen LogP contribution is -2.49. The minimum absolute atomic E-state index is 0.0149. The summed E-state index contributed by atoms with van der Waals surface area (Å²) in [6.45, 7) is 6.96. The number of carbonyl (C=O) groups is 2. The standard InChI is InChI=1S/C22H22ClN7O3.C20H22ClN7O3/c1-14-25-21(27-33-14)20-16-4-3-7-24-22(16)30(26-20)13-19(31)29-10-8-28(9-11-29)15-5-6-17(23)18(12-15)32-2;1-31-16-11-13(4-5-15(16)21)26-7-9-27(10-8-26)17(29)12-28-20-14(3-2-6-23-20)18(24-28)19(22)25-30/h3-7,12H,8-11,13H2,1-2H3;2-6,11,30H,7-10,12H2,1H3,(H2,22,25). The van der Waals surface area contributed by atoms with E-state index in [1.165, 1.54) is 4.68 Å². The van der Waals surface area contributed by atoms with E-state index in [9.17, 15) is 9.59 Å². The Morgan fingerprint density at radius 2 is 1.25 bits per heavy atom. The van der Waals surface area contributed by atoms with Gasteiger partial charge in [-0.2, -0.15) is 15.2 Å². The second-order valence-corrected chi connectivity index (χ2v) is 15.6. The van der Waals surface area contributed by atoms with E-state index in [-0.39, 0.29) is 30.7 Å². The van der Waals surface area contributed by atoms with Crippen molar-refractivity contribution in [3.63, 3.8) is 0 Å². The Morgan fingerprint density at radius 1 is 0.750 bits per heavy atom. The number of nitrogens with zero attached hydrogens (tertiary/aromatic N) is 13. The Hall–Kier alpha value is -7.19. The Labute approximate surface area is 376 Å². The predicted molar refractivity (Wildman–Crippen MR) is 239 cm³/mol. The first kappa shape index (κ1) is 43.5. The van der Waals surface area contributed by atoms with Gasteiger partial charge in [-0.25, -0.2) is 19.3 Å². The van der Waals surface area contributed by atoms with Crippen LogP contribution in [0.5, 0.6) is 11.5 Å². The zero-order valence-corrected chi connectivity index (χ0v) is 36.6. The average Bonchev–Trinajstić information content (AvgIpc) is 4.04. The SMILES string of the molecule is COc1cc(N2CCN(C(=O)Cn3nc(-c4noc(C)n4)c4cccnc43)CC2)ccc1Cl.COc1cc(N2CCN(C(=O)Cn3nc(/C(N)=N/O)c4cccnc43)CC2)ccc1Cl. The van der Waals surface area contributed by atoms with Gasteiger partial charge < -0.3 is 44.5 Å². The number of nitrogens with two attached hydrogens (primary N) is 1. The monoisotopic (exact) mass is 910 g/mol. The van der Waals surface area contributed by atoms with Crippen molar-refractivity contribution in [2.24, 2.45) is 10.9 Å². The first-order valence-electron chi connectivity index (χ1n) is 20.2. The van der Waals surface area contributed by atoms with Crippen LogP contribution in [0.2, 0.25) is 10.0 Å². The van der Waals surface area contributed by atoms with Crippen molar-refractivity contribution in [3.8, 4) is 23.0 Å². The molecule has 2 saturated heterocycles. The van der Waals surface area contributed by atoms with Crippen molar-refractivity contribution in [2.75, 3.05) is 76.4 Å². The maximum absolute atomic E-state index is 13.1. The van der Waals surface area contributed by atoms with Gasteiger partial charge in [0.25, 0.3) is 0 Å². The van der Waals surface area contributed by atoms with Crippen LogP contribution in [0, 0.1) is 6.92 Å². The maximum Gasteiger partial charge on any atom is 0.244 e. The number of piperazine rings is 2. The fourth-order valence-electron chi connectivity index (χ4n) is 7.61. The smallest absolute Gasteiger partial charge is 0.244 e. The molecule has 3 N–H and O–H groups in total. The van der Waals surface area contributed by atoms with Gasteiger partial charge in [0.1, 0.15) is 36.0 Å². The van der Waals surface area contributed by atoms with Crippen LogP contribution in [0.3, 0.4) is 0 Å². The molecule has 0 saturated carbocycles. The molecule has 0 radical (unpaired) electrons. The van der Waals surface area contributed by atoms with Crippen LogP contribution in [0.4, 0.5) is 11.4 Å². The Morgan fingerprint density at radius 3 is 1.73 bits per heavy atom. The Balaban J connectivity index is 0.000000175. The lowest BCUT2D eigenvalue weighted by Gasteiger charge is -2.36. The summed E-state index contributed by atoms with van der Waals surface area (Å²) in [7, 11) is 3.18. The number of oxime groups is 1. The van der Waals surface area contributed by atoms with Gasteiger partial charge in [-0.1, -0.05) is 33.5 Å². The number of anilines is 2. The van der Waals surface area contributed by atoms with E-state index in [1.54, 1.807) is 55.3 Å². The number of ether oxygens (including phenoxy) is 2. The van der Waals surface area contributed by atoms with E-state index >= 15 is 0 Å². The van der Waals surface area contributed by atoms with Crippen molar-refractivity contribution in [1.29, 1.82) is 0 Å². The molecule has 9 rings (SSSR count). The summed E-state index contributed by atoms with van der Waals surface area (Å²) in [6.07, 6.45) is 3.29. The van der Waals surface area contributed by atoms with Gasteiger partial charge in [0.05, 0.1) is 35.0 Å². The minimum atomic E-state index is -0.129. The summed E-state index contributed by atoms with van der Waals surface area (Å²) in [4.78, 5) is 47.0. The number of benzene rings is 2. The molecule has 5 aromatic heterocycles. The van der Waals surface area contributed by atoms with Crippen molar-refractivity contribution in [3.05, 3.63) is 94.7 Å². The van der Waals surface area contributed by atoms with Gasteiger partial charge >= 0.3 is 0 Å². The van der Waals surface area contributed by atoms with Crippen molar-refractivity contribution < 1.29 is 28.8 Å². The summed E-state index contributed by atoms with van der Waals surface area (Å²) in [6, 6.07) is 18.6. The fourth-order valence-corrected chi connectivity index (χ4v) is 8.00. The second-order valence-electron chi connectivity index (χ2n) is 14.8. The highest BCUT2D eigenvalue weighted by Crippen LogP contribution is 2.32. The highest BCUT2D eigenvalue weighted by atomic mass is 35.5. The summed E-state index contributed by atoms with van der Waals surface area (Å²) >= 11 is 12.2. The van der Waals surface area contributed by atoms with Crippen LogP contribution in [0.15, 0.2) is 82.7 Å². The van der Waals surface area contributed by atoms with Crippen molar-refractivity contribution in [2.45, 2.75) is 20.0 Å². The van der Waals surface area contributed by atoms with Crippen LogP contribution in [0.1, 0.15) is 11.6 Å². The lowest BCUT2D eigenvalue weighted by molar-refractivity contribution is -0.133. The molecule has 0 unspecified atom stereocenters. The number of hydrogen-bond acceptors (Lipinski definition) is 15. The average molecular weight is 912 g/mol. The number of aryl methyl sites for hydroxylation is 1. The van der Waals surface area contributed by atoms with E-state index in [0.717, 1.165) is 16.8 Å². The first-order valence-corrected chi connectivity index (χ1v) is 20.9. The van der Waals surface area contributed by atoms with Gasteiger partial charge in [-0.15, -0.1) is 0 Å². The molecule has 22 heteroatoms. The summed E-state index contributed by atoms with van der Waals surface area (Å²) in [5.41, 5.74) is 9.69. The normalized spacial score (nSPS) is 14.5. The van der Waals surface area contributed by atoms with Gasteiger partial charge in [0.15, 0.2) is 17.1 Å². The minimum Gasteiger partial charge on any atom is -0.495 e. The molecule has 2 aliphatic rings. The topological polar surface area (TPSA) is 225 Å². The van der Waals surface area contributed by atoms with Crippen LogP contribution < -0.4 is 25.0 Å². The third kappa shape index (κ3) is 9.13. The summed E-state index contributed by atoms with van der Waals surface area (Å²) in [5.74, 6) is 1.86. The molecule has 2 fully saturated rings. The third-order valence-electron chi connectivity index (χ3n) is 10.9. The Bertz CT molecular complexity index is 2830. The molecular weight excluding hydrogens is 867 g/mol. The fraction of sp³-hybridized carbons (Fsp3) is 0.310. The Kier molecular flexibility index (Phi) is 12.9. The number of carbonyl (C=O) groups excluding carboxylic acids is 2. The number of rotatable bonds is 10. The molecule has 20 nitrogen and oxygen atoms in total. The van der Waals surface area contributed by atoms with Crippen LogP contribution in [-0.4, -0.2) is 139 Å². The van der Waals surface area contributed by atoms with E-state index in [1.807, 2.05) is 53.4 Å². The zero-order chi connectivity index (χ0) is 44.9. The molecule has 0 bridgehead atoms. The number of fused-ring (bicyclic) bond motifs is 2. The molecule has 0 atom stereocenters. The number of amides is 2. The van der Waals surface area contributed by atoms with Crippen LogP contribution in [0.25, 0.3) is 33.6 Å². The maximum atomic E-state index is 13.1. The molecule has 2 aliphatic heterocycles.